The van der Waals surface area contributed by atoms with E-state index in [2.05, 4.69) is 16.6 Å². The number of ether oxygens (including phenoxy) is 1. The summed E-state index contributed by atoms with van der Waals surface area (Å²) in [5, 5.41) is 0. The summed E-state index contributed by atoms with van der Waals surface area (Å²) >= 11 is 0. The lowest BCUT2D eigenvalue weighted by atomic mass is 10.0. The van der Waals surface area contributed by atoms with Crippen molar-refractivity contribution in [2.75, 3.05) is 0 Å². The Balaban J connectivity index is 1.82. The van der Waals surface area contributed by atoms with Gasteiger partial charge >= 0.3 is 6.36 Å². The molecular formula is C21H9F7O. The van der Waals surface area contributed by atoms with Crippen LogP contribution < -0.4 is 4.74 Å². The summed E-state index contributed by atoms with van der Waals surface area (Å²) in [6, 6.07) is 9.73. The molecule has 8 heteroatoms. The minimum absolute atomic E-state index is 0.0487. The average Bonchev–Trinajstić information content (AvgIpc) is 2.64. The number of halogens is 7. The van der Waals surface area contributed by atoms with Crippen LogP contribution in [0.1, 0.15) is 11.1 Å². The molecular weight excluding hydrogens is 401 g/mol. The zero-order chi connectivity index (χ0) is 21.2. The molecule has 29 heavy (non-hydrogen) atoms. The van der Waals surface area contributed by atoms with Crippen molar-refractivity contribution >= 4 is 0 Å². The second kappa shape index (κ2) is 7.87. The molecule has 0 saturated heterocycles. The second-order valence-corrected chi connectivity index (χ2v) is 5.77. The highest BCUT2D eigenvalue weighted by atomic mass is 19.4. The average molecular weight is 410 g/mol. The van der Waals surface area contributed by atoms with Crippen molar-refractivity contribution < 1.29 is 35.5 Å². The largest absolute Gasteiger partial charge is 0.573 e. The van der Waals surface area contributed by atoms with Crippen LogP contribution in [0.3, 0.4) is 0 Å². The van der Waals surface area contributed by atoms with Gasteiger partial charge in [0.2, 0.25) is 0 Å². The van der Waals surface area contributed by atoms with Crippen molar-refractivity contribution in [3.63, 3.8) is 0 Å². The quantitative estimate of drug-likeness (QED) is 0.277. The zero-order valence-electron chi connectivity index (χ0n) is 14.3. The molecule has 3 aromatic carbocycles. The van der Waals surface area contributed by atoms with Crippen molar-refractivity contribution in [3.05, 3.63) is 89.0 Å². The highest BCUT2D eigenvalue weighted by Gasteiger charge is 2.30. The predicted molar refractivity (Wildman–Crippen MR) is 90.8 cm³/mol. The highest BCUT2D eigenvalue weighted by molar-refractivity contribution is 5.65. The maximum absolute atomic E-state index is 14.3. The van der Waals surface area contributed by atoms with Crippen LogP contribution in [0.4, 0.5) is 30.7 Å². The summed E-state index contributed by atoms with van der Waals surface area (Å²) in [5.41, 5.74) is 0.317. The van der Waals surface area contributed by atoms with E-state index in [0.717, 1.165) is 30.3 Å². The molecule has 0 radical (unpaired) electrons. The third-order valence-electron chi connectivity index (χ3n) is 3.72. The standard InChI is InChI=1S/C21H9F7O/c22-17-9-14(15-10-18(23)20(25)19(24)11-15)6-5-13(17)4-1-12-2-7-16(8-3-12)29-21(26,27)28/h2-3,5-11H. The maximum atomic E-state index is 14.3. The van der Waals surface area contributed by atoms with Crippen LogP contribution in [-0.4, -0.2) is 6.36 Å². The van der Waals surface area contributed by atoms with E-state index >= 15 is 0 Å². The Bertz CT molecular complexity index is 1080. The third-order valence-corrected chi connectivity index (χ3v) is 3.72. The first-order valence-electron chi connectivity index (χ1n) is 7.95. The molecule has 0 heterocycles. The minimum Gasteiger partial charge on any atom is -0.406 e. The lowest BCUT2D eigenvalue weighted by molar-refractivity contribution is -0.274. The Labute approximate surface area is 160 Å². The minimum atomic E-state index is -4.81. The molecule has 0 saturated carbocycles. The van der Waals surface area contributed by atoms with E-state index in [-0.39, 0.29) is 16.7 Å². The molecule has 0 aromatic heterocycles. The van der Waals surface area contributed by atoms with E-state index in [0.29, 0.717) is 5.56 Å². The molecule has 3 rings (SSSR count). The fourth-order valence-electron chi connectivity index (χ4n) is 2.40. The SMILES string of the molecule is Fc1cc(-c2cc(F)c(F)c(F)c2)ccc1C#Cc1ccc(OC(F)(F)F)cc1. The van der Waals surface area contributed by atoms with Crippen molar-refractivity contribution in [1.29, 1.82) is 0 Å². The first-order valence-corrected chi connectivity index (χ1v) is 7.95. The van der Waals surface area contributed by atoms with Gasteiger partial charge < -0.3 is 4.74 Å². The van der Waals surface area contributed by atoms with Gasteiger partial charge in [-0.3, -0.25) is 0 Å². The Morgan fingerprint density at radius 2 is 1.24 bits per heavy atom. The molecule has 0 aliphatic heterocycles. The number of alkyl halides is 3. The summed E-state index contributed by atoms with van der Waals surface area (Å²) < 4.78 is 94.1. The van der Waals surface area contributed by atoms with E-state index < -0.39 is 35.4 Å². The van der Waals surface area contributed by atoms with E-state index in [1.807, 2.05) is 0 Å². The van der Waals surface area contributed by atoms with Crippen molar-refractivity contribution in [1.82, 2.24) is 0 Å². The fourth-order valence-corrected chi connectivity index (χ4v) is 2.40. The van der Waals surface area contributed by atoms with Gasteiger partial charge in [-0.25, -0.2) is 17.6 Å². The molecule has 0 aliphatic carbocycles. The molecule has 0 atom stereocenters. The molecule has 1 nitrogen and oxygen atoms in total. The number of hydrogen-bond donors (Lipinski definition) is 0. The van der Waals surface area contributed by atoms with Crippen LogP contribution in [-0.2, 0) is 0 Å². The van der Waals surface area contributed by atoms with Gasteiger partial charge in [0.25, 0.3) is 0 Å². The van der Waals surface area contributed by atoms with Gasteiger partial charge in [0.1, 0.15) is 11.6 Å². The van der Waals surface area contributed by atoms with Crippen LogP contribution in [0.5, 0.6) is 5.75 Å². The number of rotatable bonds is 2. The number of benzene rings is 3. The second-order valence-electron chi connectivity index (χ2n) is 5.77. The lowest BCUT2D eigenvalue weighted by Gasteiger charge is -2.08. The van der Waals surface area contributed by atoms with Crippen LogP contribution in [0.2, 0.25) is 0 Å². The van der Waals surface area contributed by atoms with Crippen LogP contribution in [0.25, 0.3) is 11.1 Å². The van der Waals surface area contributed by atoms with Crippen molar-refractivity contribution in [2.24, 2.45) is 0 Å². The van der Waals surface area contributed by atoms with E-state index in [9.17, 15) is 30.7 Å². The van der Waals surface area contributed by atoms with Gasteiger partial charge in [0.05, 0.1) is 5.56 Å². The Morgan fingerprint density at radius 1 is 0.655 bits per heavy atom. The third kappa shape index (κ3) is 5.08. The smallest absolute Gasteiger partial charge is 0.406 e. The molecule has 0 aliphatic rings. The van der Waals surface area contributed by atoms with E-state index in [1.165, 1.54) is 24.3 Å². The molecule has 0 N–H and O–H groups in total. The molecule has 0 unspecified atom stereocenters. The van der Waals surface area contributed by atoms with E-state index in [4.69, 9.17) is 0 Å². The summed E-state index contributed by atoms with van der Waals surface area (Å²) in [7, 11) is 0. The molecule has 148 valence electrons. The van der Waals surface area contributed by atoms with Gasteiger partial charge in [0, 0.05) is 5.56 Å². The van der Waals surface area contributed by atoms with Crippen LogP contribution in [0.15, 0.2) is 54.6 Å². The lowest BCUT2D eigenvalue weighted by Crippen LogP contribution is -2.16. The molecule has 0 fully saturated rings. The van der Waals surface area contributed by atoms with Crippen LogP contribution in [0, 0.1) is 35.1 Å². The normalized spacial score (nSPS) is 11.0. The monoisotopic (exact) mass is 410 g/mol. The van der Waals surface area contributed by atoms with Gasteiger partial charge in [-0.1, -0.05) is 17.9 Å². The Morgan fingerprint density at radius 3 is 1.79 bits per heavy atom. The first-order chi connectivity index (χ1) is 13.6. The summed E-state index contributed by atoms with van der Waals surface area (Å²) in [4.78, 5) is 0. The summed E-state index contributed by atoms with van der Waals surface area (Å²) in [6.45, 7) is 0. The van der Waals surface area contributed by atoms with E-state index in [1.54, 1.807) is 0 Å². The topological polar surface area (TPSA) is 9.23 Å². The first kappa shape index (κ1) is 20.3. The van der Waals surface area contributed by atoms with Crippen molar-refractivity contribution in [2.45, 2.75) is 6.36 Å². The van der Waals surface area contributed by atoms with Crippen LogP contribution >= 0.6 is 0 Å². The molecule has 0 bridgehead atoms. The Kier molecular flexibility index (Phi) is 5.50. The highest BCUT2D eigenvalue weighted by Crippen LogP contribution is 2.26. The molecule has 0 spiro atoms. The van der Waals surface area contributed by atoms with Crippen molar-refractivity contribution in [3.8, 4) is 28.7 Å². The molecule has 3 aromatic rings. The van der Waals surface area contributed by atoms with Gasteiger partial charge in [-0.2, -0.15) is 0 Å². The van der Waals surface area contributed by atoms with Gasteiger partial charge in [-0.15, -0.1) is 13.2 Å². The summed E-state index contributed by atoms with van der Waals surface area (Å²) in [6.07, 6.45) is -4.81. The van der Waals surface area contributed by atoms with Gasteiger partial charge in [-0.05, 0) is 59.7 Å². The molecule has 0 amide bonds. The number of hydrogen-bond acceptors (Lipinski definition) is 1. The summed E-state index contributed by atoms with van der Waals surface area (Å²) in [5.74, 6) is -0.545. The zero-order valence-corrected chi connectivity index (χ0v) is 14.3. The maximum Gasteiger partial charge on any atom is 0.573 e. The van der Waals surface area contributed by atoms with Gasteiger partial charge in [0.15, 0.2) is 17.5 Å². The Hall–Kier alpha value is -3.47. The fraction of sp³-hybridized carbons (Fsp3) is 0.0476. The predicted octanol–water partition coefficient (Wildman–Crippen LogP) is 6.21.